The number of carbonyl (C=O) groups excluding carboxylic acids is 1. The van der Waals surface area contributed by atoms with E-state index in [1.807, 2.05) is 28.7 Å². The van der Waals surface area contributed by atoms with Crippen LogP contribution in [-0.2, 0) is 11.3 Å². The van der Waals surface area contributed by atoms with Crippen LogP contribution in [0, 0.1) is 6.92 Å². The maximum Gasteiger partial charge on any atom is 0.271 e. The van der Waals surface area contributed by atoms with E-state index in [-0.39, 0.29) is 16.7 Å². The van der Waals surface area contributed by atoms with E-state index in [1.54, 1.807) is 13.3 Å². The normalized spacial score (nSPS) is 16.4. The second-order valence-corrected chi connectivity index (χ2v) is 7.01. The van der Waals surface area contributed by atoms with E-state index in [0.29, 0.717) is 18.8 Å². The minimum atomic E-state index is -0.280. The third kappa shape index (κ3) is 2.91. The van der Waals surface area contributed by atoms with Gasteiger partial charge in [0.1, 0.15) is 5.69 Å². The third-order valence-corrected chi connectivity index (χ3v) is 4.57. The van der Waals surface area contributed by atoms with Gasteiger partial charge in [-0.1, -0.05) is 0 Å². The quantitative estimate of drug-likeness (QED) is 0.797. The maximum absolute atomic E-state index is 12.9. The van der Waals surface area contributed by atoms with E-state index in [1.165, 1.54) is 0 Å². The van der Waals surface area contributed by atoms with Crippen LogP contribution in [0.25, 0.3) is 11.3 Å². The summed E-state index contributed by atoms with van der Waals surface area (Å²) in [6.07, 6.45) is 3.66. The van der Waals surface area contributed by atoms with Crippen LogP contribution >= 0.6 is 11.6 Å². The van der Waals surface area contributed by atoms with Crippen molar-refractivity contribution in [2.45, 2.75) is 32.9 Å². The second kappa shape index (κ2) is 6.18. The van der Waals surface area contributed by atoms with E-state index >= 15 is 0 Å². The minimum absolute atomic E-state index is 0.00681. The molecule has 6 nitrogen and oxygen atoms in total. The van der Waals surface area contributed by atoms with E-state index < -0.39 is 0 Å². The zero-order valence-corrected chi connectivity index (χ0v) is 15.1. The molecule has 0 aromatic carbocycles. The van der Waals surface area contributed by atoms with Crippen LogP contribution in [0.1, 0.15) is 29.9 Å². The van der Waals surface area contributed by atoms with Crippen LogP contribution < -0.4 is 0 Å². The van der Waals surface area contributed by atoms with Crippen LogP contribution in [0.15, 0.2) is 18.5 Å². The summed E-state index contributed by atoms with van der Waals surface area (Å²) in [5, 5.41) is 0.202. The standard InChI is InChI=1S/C17H21ClN4O2/c1-11-8-19-16(18)20-14(11)12-7-13-15(23)22(5-6-24-4)17(2,3)10-21(13)9-12/h7-9H,5-6,10H2,1-4H3. The monoisotopic (exact) mass is 348 g/mol. The highest BCUT2D eigenvalue weighted by atomic mass is 35.5. The largest absolute Gasteiger partial charge is 0.383 e. The molecule has 0 atom stereocenters. The number of halogens is 1. The molecule has 0 bridgehead atoms. The number of aromatic nitrogens is 3. The van der Waals surface area contributed by atoms with E-state index in [2.05, 4.69) is 23.8 Å². The Morgan fingerprint density at radius 1 is 1.42 bits per heavy atom. The zero-order chi connectivity index (χ0) is 17.5. The number of hydrogen-bond donors (Lipinski definition) is 0. The number of hydrogen-bond acceptors (Lipinski definition) is 4. The van der Waals surface area contributed by atoms with Crippen molar-refractivity contribution in [3.8, 4) is 11.3 Å². The summed E-state index contributed by atoms with van der Waals surface area (Å²) in [7, 11) is 1.64. The molecule has 0 fully saturated rings. The first-order chi connectivity index (χ1) is 11.3. The summed E-state index contributed by atoms with van der Waals surface area (Å²) in [4.78, 5) is 23.1. The molecule has 0 radical (unpaired) electrons. The van der Waals surface area contributed by atoms with Crippen molar-refractivity contribution in [1.82, 2.24) is 19.4 Å². The Labute approximate surface area is 146 Å². The number of rotatable bonds is 4. The molecular weight excluding hydrogens is 328 g/mol. The molecule has 2 aromatic heterocycles. The van der Waals surface area contributed by atoms with Crippen molar-refractivity contribution in [2.24, 2.45) is 0 Å². The molecule has 0 saturated carbocycles. The summed E-state index contributed by atoms with van der Waals surface area (Å²) < 4.78 is 7.14. The topological polar surface area (TPSA) is 60.2 Å². The van der Waals surface area contributed by atoms with E-state index in [4.69, 9.17) is 16.3 Å². The highest BCUT2D eigenvalue weighted by Gasteiger charge is 2.38. The lowest BCUT2D eigenvalue weighted by molar-refractivity contribution is 0.0318. The highest BCUT2D eigenvalue weighted by Crippen LogP contribution is 2.31. The molecule has 1 amide bonds. The van der Waals surface area contributed by atoms with Gasteiger partial charge >= 0.3 is 0 Å². The van der Waals surface area contributed by atoms with Crippen LogP contribution in [0.3, 0.4) is 0 Å². The number of methoxy groups -OCH3 is 1. The summed E-state index contributed by atoms with van der Waals surface area (Å²) in [5.41, 5.74) is 2.94. The average molecular weight is 349 g/mol. The number of carbonyl (C=O) groups is 1. The molecule has 0 spiro atoms. The van der Waals surface area contributed by atoms with Crippen LogP contribution in [0.5, 0.6) is 0 Å². The Morgan fingerprint density at radius 3 is 2.88 bits per heavy atom. The van der Waals surface area contributed by atoms with Gasteiger partial charge in [0.15, 0.2) is 0 Å². The van der Waals surface area contributed by atoms with Crippen molar-refractivity contribution in [3.63, 3.8) is 0 Å². The number of amides is 1. The lowest BCUT2D eigenvalue weighted by Crippen LogP contribution is -2.55. The van der Waals surface area contributed by atoms with Gasteiger partial charge in [-0.25, -0.2) is 9.97 Å². The predicted molar refractivity (Wildman–Crippen MR) is 92.2 cm³/mol. The summed E-state index contributed by atoms with van der Waals surface area (Å²) in [5.74, 6) is 0.00681. The summed E-state index contributed by atoms with van der Waals surface area (Å²) in [6, 6.07) is 1.88. The van der Waals surface area contributed by atoms with Gasteiger partial charge < -0.3 is 14.2 Å². The van der Waals surface area contributed by atoms with Gasteiger partial charge in [0, 0.05) is 38.2 Å². The van der Waals surface area contributed by atoms with Crippen LogP contribution in [-0.4, -0.2) is 51.1 Å². The molecular formula is C17H21ClN4O2. The summed E-state index contributed by atoms with van der Waals surface area (Å²) >= 11 is 5.93. The van der Waals surface area contributed by atoms with Crippen LogP contribution in [0.2, 0.25) is 5.28 Å². The molecule has 2 aromatic rings. The number of aryl methyl sites for hydroxylation is 1. The lowest BCUT2D eigenvalue weighted by atomic mass is 9.99. The van der Waals surface area contributed by atoms with Gasteiger partial charge in [-0.15, -0.1) is 0 Å². The number of fused-ring (bicyclic) bond motifs is 1. The van der Waals surface area contributed by atoms with Gasteiger partial charge in [-0.2, -0.15) is 0 Å². The molecule has 3 rings (SSSR count). The van der Waals surface area contributed by atoms with Crippen LogP contribution in [0.4, 0.5) is 0 Å². The average Bonchev–Trinajstić information content (AvgIpc) is 2.92. The van der Waals surface area contributed by atoms with E-state index in [9.17, 15) is 4.79 Å². The Balaban J connectivity index is 2.02. The van der Waals surface area contributed by atoms with Crippen molar-refractivity contribution >= 4 is 17.5 Å². The van der Waals surface area contributed by atoms with Crippen molar-refractivity contribution in [1.29, 1.82) is 0 Å². The fourth-order valence-corrected chi connectivity index (χ4v) is 3.30. The maximum atomic E-state index is 12.9. The first kappa shape index (κ1) is 16.9. The number of ether oxygens (including phenoxy) is 1. The van der Waals surface area contributed by atoms with Gasteiger partial charge in [0.25, 0.3) is 5.91 Å². The lowest BCUT2D eigenvalue weighted by Gasteiger charge is -2.42. The molecule has 0 N–H and O–H groups in total. The smallest absolute Gasteiger partial charge is 0.271 e. The molecule has 0 saturated heterocycles. The van der Waals surface area contributed by atoms with Crippen molar-refractivity contribution in [2.75, 3.05) is 20.3 Å². The summed E-state index contributed by atoms with van der Waals surface area (Å²) in [6.45, 7) is 7.87. The van der Waals surface area contributed by atoms with Gasteiger partial charge in [0.05, 0.1) is 17.8 Å². The minimum Gasteiger partial charge on any atom is -0.383 e. The molecule has 0 aliphatic carbocycles. The molecule has 1 aliphatic rings. The fraction of sp³-hybridized carbons (Fsp3) is 0.471. The number of nitrogens with zero attached hydrogens (tertiary/aromatic N) is 4. The molecule has 0 unspecified atom stereocenters. The second-order valence-electron chi connectivity index (χ2n) is 6.67. The third-order valence-electron chi connectivity index (χ3n) is 4.38. The molecule has 128 valence electrons. The Hall–Kier alpha value is -1.92. The molecule has 7 heteroatoms. The predicted octanol–water partition coefficient (Wildman–Crippen LogP) is 2.79. The first-order valence-electron chi connectivity index (χ1n) is 7.84. The SMILES string of the molecule is COCCN1C(=O)c2cc(-c3nc(Cl)ncc3C)cn2CC1(C)C. The zero-order valence-electron chi connectivity index (χ0n) is 14.3. The van der Waals surface area contributed by atoms with Gasteiger partial charge in [-0.3, -0.25) is 4.79 Å². The highest BCUT2D eigenvalue weighted by molar-refractivity contribution is 6.28. The van der Waals surface area contributed by atoms with Gasteiger partial charge in [-0.05, 0) is 44.0 Å². The Bertz CT molecular complexity index is 785. The Kier molecular flexibility index (Phi) is 4.36. The molecule has 24 heavy (non-hydrogen) atoms. The molecule has 1 aliphatic heterocycles. The van der Waals surface area contributed by atoms with Gasteiger partial charge in [0.2, 0.25) is 5.28 Å². The first-order valence-corrected chi connectivity index (χ1v) is 8.22. The van der Waals surface area contributed by atoms with E-state index in [0.717, 1.165) is 23.4 Å². The fourth-order valence-electron chi connectivity index (χ4n) is 3.16. The van der Waals surface area contributed by atoms with Crippen molar-refractivity contribution < 1.29 is 9.53 Å². The molecule has 3 heterocycles. The van der Waals surface area contributed by atoms with Crippen molar-refractivity contribution in [3.05, 3.63) is 35.0 Å². The Morgan fingerprint density at radius 2 is 2.17 bits per heavy atom.